The average molecular weight is 823 g/mol. The predicted octanol–water partition coefficient (Wildman–Crippen LogP) is 8.90. The molecule has 0 bridgehead atoms. The maximum absolute atomic E-state index is 12.8. The molecule has 2 unspecified atom stereocenters. The summed E-state index contributed by atoms with van der Waals surface area (Å²) in [5.41, 5.74) is 0. The third-order valence-corrected chi connectivity index (χ3v) is 11.4. The Morgan fingerprint density at radius 2 is 0.911 bits per heavy atom. The first-order valence-electron chi connectivity index (χ1n) is 22.6. The van der Waals surface area contributed by atoms with Crippen LogP contribution < -0.4 is 0 Å². The second-order valence-corrected chi connectivity index (χ2v) is 17.6. The summed E-state index contributed by atoms with van der Waals surface area (Å²) >= 11 is 0. The minimum Gasteiger partial charge on any atom is -0.462 e. The average Bonchev–Trinajstić information content (AvgIpc) is 3.16. The van der Waals surface area contributed by atoms with Crippen LogP contribution in [0, 0.1) is 0 Å². The van der Waals surface area contributed by atoms with Gasteiger partial charge in [0.25, 0.3) is 10.1 Å². The summed E-state index contributed by atoms with van der Waals surface area (Å²) in [5.74, 6) is -1.96. The van der Waals surface area contributed by atoms with Gasteiger partial charge in [0.15, 0.2) is 12.4 Å². The molecule has 1 fully saturated rings. The molecule has 56 heavy (non-hydrogen) atoms. The van der Waals surface area contributed by atoms with E-state index in [0.29, 0.717) is 12.8 Å². The molecule has 332 valence electrons. The number of hydrogen-bond acceptors (Lipinski definition) is 11. The molecule has 0 aromatic heterocycles. The fourth-order valence-corrected chi connectivity index (χ4v) is 7.84. The van der Waals surface area contributed by atoms with Crippen molar-refractivity contribution in [2.45, 2.75) is 243 Å². The smallest absolute Gasteiger partial charge is 0.306 e. The normalized spacial score (nSPS) is 20.6. The van der Waals surface area contributed by atoms with Crippen LogP contribution >= 0.6 is 0 Å². The first-order valence-corrected chi connectivity index (χ1v) is 24.2. The number of carbonyl (C=O) groups is 2. The number of aliphatic hydroxyl groups excluding tert-OH is 3. The van der Waals surface area contributed by atoms with Crippen molar-refractivity contribution < 1.29 is 56.8 Å². The molecule has 13 heteroatoms. The van der Waals surface area contributed by atoms with E-state index in [9.17, 15) is 37.9 Å². The number of aliphatic hydroxyl groups is 3. The minimum atomic E-state index is -4.59. The van der Waals surface area contributed by atoms with Crippen LogP contribution in [0.25, 0.3) is 0 Å². The predicted molar refractivity (Wildman–Crippen MR) is 220 cm³/mol. The molecule has 1 aliphatic heterocycles. The van der Waals surface area contributed by atoms with Crippen LogP contribution in [0.3, 0.4) is 0 Å². The van der Waals surface area contributed by atoms with Gasteiger partial charge in [-0.1, -0.05) is 181 Å². The molecular weight excluding hydrogens is 741 g/mol. The molecule has 1 saturated heterocycles. The molecular formula is C43H82O12S. The van der Waals surface area contributed by atoms with E-state index < -0.39 is 71.2 Å². The van der Waals surface area contributed by atoms with Gasteiger partial charge in [-0.15, -0.1) is 0 Å². The number of esters is 2. The highest BCUT2D eigenvalue weighted by Crippen LogP contribution is 2.24. The fraction of sp³-hybridized carbons (Fsp3) is 0.953. The lowest BCUT2D eigenvalue weighted by atomic mass is 10.00. The van der Waals surface area contributed by atoms with E-state index in [0.717, 1.165) is 38.5 Å². The summed E-state index contributed by atoms with van der Waals surface area (Å²) < 4.78 is 54.0. The molecule has 0 aromatic rings. The number of ether oxygens (including phenoxy) is 4. The molecule has 1 heterocycles. The van der Waals surface area contributed by atoms with Gasteiger partial charge in [-0.3, -0.25) is 14.1 Å². The summed E-state index contributed by atoms with van der Waals surface area (Å²) in [7, 11) is -4.59. The van der Waals surface area contributed by atoms with E-state index in [4.69, 9.17) is 18.9 Å². The second-order valence-electron chi connectivity index (χ2n) is 16.1. The van der Waals surface area contributed by atoms with Crippen molar-refractivity contribution >= 4 is 22.1 Å². The molecule has 0 aliphatic carbocycles. The quantitative estimate of drug-likeness (QED) is 0.0264. The van der Waals surface area contributed by atoms with E-state index in [-0.39, 0.29) is 19.4 Å². The van der Waals surface area contributed by atoms with Gasteiger partial charge >= 0.3 is 11.9 Å². The van der Waals surface area contributed by atoms with Crippen molar-refractivity contribution in [1.82, 2.24) is 0 Å². The van der Waals surface area contributed by atoms with Gasteiger partial charge in [0.05, 0.1) is 6.61 Å². The van der Waals surface area contributed by atoms with Gasteiger partial charge in [0.2, 0.25) is 0 Å². The van der Waals surface area contributed by atoms with Crippen LogP contribution in [0.4, 0.5) is 0 Å². The van der Waals surface area contributed by atoms with Gasteiger partial charge in [-0.05, 0) is 12.8 Å². The van der Waals surface area contributed by atoms with Crippen LogP contribution in [0.5, 0.6) is 0 Å². The van der Waals surface area contributed by atoms with Gasteiger partial charge in [0, 0.05) is 12.8 Å². The Bertz CT molecular complexity index is 1060. The zero-order chi connectivity index (χ0) is 41.3. The second kappa shape index (κ2) is 34.5. The molecule has 0 saturated carbocycles. The van der Waals surface area contributed by atoms with E-state index in [1.165, 1.54) is 128 Å². The molecule has 6 atom stereocenters. The van der Waals surface area contributed by atoms with Gasteiger partial charge in [-0.25, -0.2) is 0 Å². The molecule has 12 nitrogen and oxygen atoms in total. The SMILES string of the molecule is CCCCCCCCCCCCCCCCCCC(=O)O[C@H](COC(=O)CCCCCCCCCCCCCC)CO[C@H]1O[C@H](CS(=O)(=O)O)[C@@H](O)C(O)C1O. The summed E-state index contributed by atoms with van der Waals surface area (Å²) in [4.78, 5) is 25.4. The van der Waals surface area contributed by atoms with Crippen molar-refractivity contribution in [2.75, 3.05) is 19.0 Å². The van der Waals surface area contributed by atoms with E-state index in [1.807, 2.05) is 0 Å². The fourth-order valence-electron chi connectivity index (χ4n) is 7.15. The first kappa shape index (κ1) is 52.7. The van der Waals surface area contributed by atoms with Gasteiger partial charge in [-0.2, -0.15) is 8.42 Å². The summed E-state index contributed by atoms with van der Waals surface area (Å²) in [6, 6.07) is 0. The molecule has 1 rings (SSSR count). The van der Waals surface area contributed by atoms with Crippen LogP contribution in [0.2, 0.25) is 0 Å². The Labute approximate surface area is 340 Å². The lowest BCUT2D eigenvalue weighted by molar-refractivity contribution is -0.297. The lowest BCUT2D eigenvalue weighted by Crippen LogP contribution is -2.60. The number of carbonyl (C=O) groups excluding carboxylic acids is 2. The molecule has 1 aliphatic rings. The molecule has 0 aromatic carbocycles. The third-order valence-electron chi connectivity index (χ3n) is 10.7. The van der Waals surface area contributed by atoms with Gasteiger partial charge < -0.3 is 34.3 Å². The Morgan fingerprint density at radius 1 is 0.536 bits per heavy atom. The Hall–Kier alpha value is -1.35. The monoisotopic (exact) mass is 823 g/mol. The number of unbranched alkanes of at least 4 members (excludes halogenated alkanes) is 26. The lowest BCUT2D eigenvalue weighted by Gasteiger charge is -2.40. The highest BCUT2D eigenvalue weighted by molar-refractivity contribution is 7.85. The largest absolute Gasteiger partial charge is 0.462 e. The zero-order valence-electron chi connectivity index (χ0n) is 35.3. The molecule has 0 amide bonds. The van der Waals surface area contributed by atoms with Crippen LogP contribution in [-0.2, 0) is 38.7 Å². The van der Waals surface area contributed by atoms with Crippen molar-refractivity contribution in [3.05, 3.63) is 0 Å². The highest BCUT2D eigenvalue weighted by Gasteiger charge is 2.46. The van der Waals surface area contributed by atoms with Crippen molar-refractivity contribution in [3.8, 4) is 0 Å². The first-order chi connectivity index (χ1) is 27.0. The molecule has 4 N–H and O–H groups in total. The number of rotatable bonds is 38. The van der Waals surface area contributed by atoms with Crippen LogP contribution in [0.1, 0.15) is 206 Å². The minimum absolute atomic E-state index is 0.172. The number of hydrogen-bond donors (Lipinski definition) is 4. The topological polar surface area (TPSA) is 186 Å². The summed E-state index contributed by atoms with van der Waals surface area (Å²) in [6.07, 6.45) is 24.3. The van der Waals surface area contributed by atoms with Crippen LogP contribution in [-0.4, -0.2) is 96.0 Å². The van der Waals surface area contributed by atoms with Crippen molar-refractivity contribution in [3.63, 3.8) is 0 Å². The Morgan fingerprint density at radius 3 is 1.30 bits per heavy atom. The standard InChI is InChI=1S/C43H82O12S/c1-3-5-7-9-11-13-15-17-18-19-20-22-24-26-28-30-32-39(45)54-36(34-53-43-42(48)41(47)40(46)37(55-43)35-56(49,50)51)33-52-38(44)31-29-27-25-23-21-16-14-12-10-8-6-4-2/h36-37,40-43,46-48H,3-35H2,1-2H3,(H,49,50,51)/t36-,37-,40-,41?,42?,43+/m1/s1. The summed E-state index contributed by atoms with van der Waals surface area (Å²) in [5, 5.41) is 30.8. The third kappa shape index (κ3) is 29.0. The van der Waals surface area contributed by atoms with Crippen molar-refractivity contribution in [2.24, 2.45) is 0 Å². The Balaban J connectivity index is 2.43. The van der Waals surface area contributed by atoms with E-state index in [2.05, 4.69) is 13.8 Å². The maximum Gasteiger partial charge on any atom is 0.306 e. The van der Waals surface area contributed by atoms with Gasteiger partial charge in [0.1, 0.15) is 36.8 Å². The zero-order valence-corrected chi connectivity index (χ0v) is 36.1. The van der Waals surface area contributed by atoms with Crippen LogP contribution in [0.15, 0.2) is 0 Å². The van der Waals surface area contributed by atoms with Crippen molar-refractivity contribution in [1.29, 1.82) is 0 Å². The summed E-state index contributed by atoms with van der Waals surface area (Å²) in [6.45, 7) is 3.77. The molecule has 0 radical (unpaired) electrons. The Kier molecular flexibility index (Phi) is 32.5. The highest BCUT2D eigenvalue weighted by atomic mass is 32.2. The van der Waals surface area contributed by atoms with E-state index in [1.54, 1.807) is 0 Å². The maximum atomic E-state index is 12.8. The molecule has 0 spiro atoms. The van der Waals surface area contributed by atoms with E-state index >= 15 is 0 Å².